The summed E-state index contributed by atoms with van der Waals surface area (Å²) in [6.07, 6.45) is 7.08. The number of H-pyrrole nitrogens is 1. The van der Waals surface area contributed by atoms with Gasteiger partial charge >= 0.3 is 0 Å². The van der Waals surface area contributed by atoms with Crippen LogP contribution in [0.15, 0.2) is 77.5 Å². The van der Waals surface area contributed by atoms with Gasteiger partial charge in [-0.2, -0.15) is 5.26 Å². The van der Waals surface area contributed by atoms with Crippen LogP contribution in [0.2, 0.25) is 0 Å². The van der Waals surface area contributed by atoms with Crippen LogP contribution in [0.25, 0.3) is 21.9 Å². The molecule has 0 atom stereocenters. The van der Waals surface area contributed by atoms with E-state index >= 15 is 0 Å². The Morgan fingerprint density at radius 3 is 2.73 bits per heavy atom. The second-order valence-electron chi connectivity index (χ2n) is 10.3. The lowest BCUT2D eigenvalue weighted by atomic mass is 10.1. The van der Waals surface area contributed by atoms with Crippen molar-refractivity contribution in [2.45, 2.75) is 25.8 Å². The summed E-state index contributed by atoms with van der Waals surface area (Å²) in [5.74, 6) is 0.0691. The number of unbranched alkanes of at least 4 members (excludes halogenated alkanes) is 1. The van der Waals surface area contributed by atoms with Crippen LogP contribution in [0.4, 0.5) is 5.69 Å². The number of rotatable bonds is 9. The van der Waals surface area contributed by atoms with Gasteiger partial charge in [0.15, 0.2) is 5.76 Å². The predicted molar refractivity (Wildman–Crippen MR) is 163 cm³/mol. The number of hydrogen-bond donors (Lipinski definition) is 2. The molecule has 6 rings (SSSR count). The highest BCUT2D eigenvalue weighted by Gasteiger charge is 2.19. The number of hydrogen-bond acceptors (Lipinski definition) is 6. The highest BCUT2D eigenvalue weighted by Crippen LogP contribution is 2.26. The molecule has 41 heavy (non-hydrogen) atoms. The summed E-state index contributed by atoms with van der Waals surface area (Å²) in [6, 6.07) is 21.7. The Kier molecular flexibility index (Phi) is 8.88. The number of piperazine rings is 1. The zero-order chi connectivity index (χ0) is 27.3. The molecule has 5 aromatic rings. The molecule has 1 saturated heterocycles. The first-order valence-electron chi connectivity index (χ1n) is 13.9. The van der Waals surface area contributed by atoms with Crippen LogP contribution in [-0.2, 0) is 13.0 Å². The lowest BCUT2D eigenvalue weighted by Gasteiger charge is -2.36. The second-order valence-corrected chi connectivity index (χ2v) is 10.3. The fraction of sp³-hybridized carbons (Fsp3) is 0.281. The number of nitriles is 1. The number of amides is 1. The number of furan rings is 1. The average Bonchev–Trinajstić information content (AvgIpc) is 3.62. The largest absolute Gasteiger partial charge is 0.451 e. The number of benzene rings is 2. The van der Waals surface area contributed by atoms with Crippen LogP contribution in [0, 0.1) is 11.3 Å². The summed E-state index contributed by atoms with van der Waals surface area (Å²) < 4.78 is 5.82. The third-order valence-corrected chi connectivity index (χ3v) is 7.68. The Morgan fingerprint density at radius 2 is 1.93 bits per heavy atom. The quantitative estimate of drug-likeness (QED) is 0.222. The minimum atomic E-state index is -0.242. The molecular formula is C32H33ClN6O2. The first-order chi connectivity index (χ1) is 19.7. The van der Waals surface area contributed by atoms with E-state index in [9.17, 15) is 10.1 Å². The van der Waals surface area contributed by atoms with Gasteiger partial charge < -0.3 is 19.6 Å². The van der Waals surface area contributed by atoms with E-state index in [4.69, 9.17) is 4.42 Å². The molecule has 1 aliphatic heterocycles. The van der Waals surface area contributed by atoms with Crippen molar-refractivity contribution < 1.29 is 9.21 Å². The number of nitrogens with zero attached hydrogens (tertiary/aromatic N) is 4. The van der Waals surface area contributed by atoms with Crippen LogP contribution in [0.3, 0.4) is 0 Å². The van der Waals surface area contributed by atoms with Crippen molar-refractivity contribution in [2.24, 2.45) is 0 Å². The molecule has 0 spiro atoms. The molecule has 2 N–H and O–H groups in total. The molecule has 1 aliphatic rings. The number of halogens is 1. The number of carbonyl (C=O) groups excluding carboxylic acids is 1. The van der Waals surface area contributed by atoms with E-state index in [1.807, 2.05) is 48.5 Å². The first-order valence-corrected chi connectivity index (χ1v) is 13.9. The van der Waals surface area contributed by atoms with Crippen LogP contribution in [0.1, 0.15) is 40.2 Å². The van der Waals surface area contributed by atoms with E-state index in [1.54, 1.807) is 6.20 Å². The van der Waals surface area contributed by atoms with Gasteiger partial charge in [0.1, 0.15) is 5.58 Å². The van der Waals surface area contributed by atoms with Gasteiger partial charge in [0.05, 0.1) is 23.9 Å². The van der Waals surface area contributed by atoms with Crippen molar-refractivity contribution >= 4 is 45.9 Å². The topological polar surface area (TPSA) is 101 Å². The van der Waals surface area contributed by atoms with Crippen LogP contribution < -0.4 is 10.2 Å². The van der Waals surface area contributed by atoms with E-state index in [0.717, 1.165) is 74.3 Å². The molecule has 4 heterocycles. The minimum absolute atomic E-state index is 0. The summed E-state index contributed by atoms with van der Waals surface area (Å²) in [5.41, 5.74) is 5.77. The Bertz CT molecular complexity index is 1660. The molecule has 9 heteroatoms. The van der Waals surface area contributed by atoms with E-state index in [2.05, 4.69) is 49.5 Å². The maximum atomic E-state index is 12.6. The van der Waals surface area contributed by atoms with Crippen molar-refractivity contribution in [3.63, 3.8) is 0 Å². The number of aromatic nitrogens is 2. The van der Waals surface area contributed by atoms with Crippen LogP contribution in [0.5, 0.6) is 0 Å². The van der Waals surface area contributed by atoms with E-state index in [0.29, 0.717) is 23.5 Å². The lowest BCUT2D eigenvalue weighted by molar-refractivity contribution is 0.0925. The second kappa shape index (κ2) is 12.9. The Balaban J connectivity index is 0.00000337. The van der Waals surface area contributed by atoms with E-state index in [-0.39, 0.29) is 18.3 Å². The molecule has 1 fully saturated rings. The normalized spacial score (nSPS) is 13.7. The van der Waals surface area contributed by atoms with Crippen molar-refractivity contribution in [3.05, 3.63) is 95.6 Å². The average molecular weight is 569 g/mol. The summed E-state index contributed by atoms with van der Waals surface area (Å²) in [6.45, 7) is 5.46. The first kappa shape index (κ1) is 28.2. The molecule has 3 aromatic heterocycles. The number of aromatic amines is 1. The number of carbonyl (C=O) groups is 1. The zero-order valence-corrected chi connectivity index (χ0v) is 23.6. The third-order valence-electron chi connectivity index (χ3n) is 7.68. The van der Waals surface area contributed by atoms with Crippen molar-refractivity contribution in [2.75, 3.05) is 37.6 Å². The highest BCUT2D eigenvalue weighted by molar-refractivity contribution is 5.96. The predicted octanol–water partition coefficient (Wildman–Crippen LogP) is 5.68. The van der Waals surface area contributed by atoms with Crippen LogP contribution >= 0.6 is 12.4 Å². The van der Waals surface area contributed by atoms with E-state index in [1.165, 1.54) is 10.9 Å². The standard InChI is InChI=1S/C32H32N6O2.ClH/c33-20-23-7-9-29-28(17-23)24(21-35-29)5-2-4-12-37-13-15-38(16-14-37)27-8-10-30-25(18-27)19-31(40-30)32(39)36-22-26-6-1-3-11-34-26;/h1,3,6-11,17-19,21,35H,2,4-5,12-16,22H2,(H,36,39);1H. The highest BCUT2D eigenvalue weighted by atomic mass is 35.5. The minimum Gasteiger partial charge on any atom is -0.451 e. The van der Waals surface area contributed by atoms with Gasteiger partial charge in [-0.15, -0.1) is 12.4 Å². The van der Waals surface area contributed by atoms with Gasteiger partial charge in [0.2, 0.25) is 0 Å². The molecule has 0 bridgehead atoms. The molecule has 0 radical (unpaired) electrons. The summed E-state index contributed by atoms with van der Waals surface area (Å²) in [5, 5.41) is 14.2. The number of aryl methyl sites for hydroxylation is 1. The zero-order valence-electron chi connectivity index (χ0n) is 22.8. The Hall–Kier alpha value is -4.32. The molecule has 0 aliphatic carbocycles. The van der Waals surface area contributed by atoms with Crippen molar-refractivity contribution in [1.29, 1.82) is 5.26 Å². The SMILES string of the molecule is Cl.N#Cc1ccc2[nH]cc(CCCCN3CCN(c4ccc5oc(C(=O)NCc6ccccn6)cc5c4)CC3)c2c1. The number of pyridine rings is 1. The summed E-state index contributed by atoms with van der Waals surface area (Å²) in [4.78, 5) is 25.1. The molecule has 8 nitrogen and oxygen atoms in total. The molecule has 0 unspecified atom stereocenters. The third kappa shape index (κ3) is 6.54. The van der Waals surface area contributed by atoms with Crippen molar-refractivity contribution in [1.82, 2.24) is 20.2 Å². The van der Waals surface area contributed by atoms with Gasteiger partial charge in [-0.05, 0) is 86.0 Å². The smallest absolute Gasteiger partial charge is 0.287 e. The maximum Gasteiger partial charge on any atom is 0.287 e. The van der Waals surface area contributed by atoms with Crippen LogP contribution in [-0.4, -0.2) is 53.5 Å². The van der Waals surface area contributed by atoms with Gasteiger partial charge in [-0.3, -0.25) is 14.7 Å². The van der Waals surface area contributed by atoms with Crippen molar-refractivity contribution in [3.8, 4) is 6.07 Å². The molecule has 2 aromatic carbocycles. The fourth-order valence-corrected chi connectivity index (χ4v) is 5.44. The van der Waals surface area contributed by atoms with Gasteiger partial charge in [-0.1, -0.05) is 6.07 Å². The number of fused-ring (bicyclic) bond motifs is 2. The van der Waals surface area contributed by atoms with Gasteiger partial charge in [0.25, 0.3) is 5.91 Å². The molecular weight excluding hydrogens is 536 g/mol. The Morgan fingerprint density at radius 1 is 1.05 bits per heavy atom. The maximum absolute atomic E-state index is 12.6. The lowest BCUT2D eigenvalue weighted by Crippen LogP contribution is -2.46. The molecule has 0 saturated carbocycles. The Labute approximate surface area is 245 Å². The van der Waals surface area contributed by atoms with Gasteiger partial charge in [-0.25, -0.2) is 0 Å². The fourth-order valence-electron chi connectivity index (χ4n) is 5.44. The summed E-state index contributed by atoms with van der Waals surface area (Å²) in [7, 11) is 0. The molecule has 1 amide bonds. The summed E-state index contributed by atoms with van der Waals surface area (Å²) >= 11 is 0. The number of nitrogens with one attached hydrogen (secondary N) is 2. The van der Waals surface area contributed by atoms with E-state index < -0.39 is 0 Å². The number of anilines is 1. The van der Waals surface area contributed by atoms with Gasteiger partial charge in [0, 0.05) is 60.5 Å². The molecule has 210 valence electrons. The monoisotopic (exact) mass is 568 g/mol.